The number of para-hydroxylation sites is 1. The Hall–Kier alpha value is -2.64. The Labute approximate surface area is 174 Å². The van der Waals surface area contributed by atoms with Gasteiger partial charge in [-0.3, -0.25) is 14.4 Å². The third-order valence-electron chi connectivity index (χ3n) is 4.66. The molecule has 7 heteroatoms. The van der Waals surface area contributed by atoms with Crippen LogP contribution in [-0.2, 0) is 14.3 Å². The van der Waals surface area contributed by atoms with Crippen molar-refractivity contribution in [3.8, 4) is 0 Å². The summed E-state index contributed by atoms with van der Waals surface area (Å²) in [5, 5.41) is -0.419. The van der Waals surface area contributed by atoms with Crippen LogP contribution in [0.2, 0.25) is 0 Å². The van der Waals surface area contributed by atoms with Gasteiger partial charge in [0, 0.05) is 30.5 Å². The molecule has 0 unspecified atom stereocenters. The van der Waals surface area contributed by atoms with Crippen molar-refractivity contribution < 1.29 is 19.1 Å². The van der Waals surface area contributed by atoms with Crippen LogP contribution in [0.4, 0.5) is 5.69 Å². The molecule has 1 aliphatic heterocycles. The van der Waals surface area contributed by atoms with E-state index in [0.717, 1.165) is 22.4 Å². The van der Waals surface area contributed by atoms with Crippen LogP contribution in [0.25, 0.3) is 0 Å². The summed E-state index contributed by atoms with van der Waals surface area (Å²) < 4.78 is 5.54. The quantitative estimate of drug-likeness (QED) is 0.536. The molecule has 1 heterocycles. The van der Waals surface area contributed by atoms with Crippen molar-refractivity contribution in [2.24, 2.45) is 0 Å². The number of amides is 1. The largest absolute Gasteiger partial charge is 0.451 e. The highest BCUT2D eigenvalue weighted by Crippen LogP contribution is 2.46. The molecule has 0 saturated heterocycles. The summed E-state index contributed by atoms with van der Waals surface area (Å²) >= 11 is 1.49. The normalized spacial score (nSPS) is 18.9. The van der Waals surface area contributed by atoms with Crippen molar-refractivity contribution in [1.82, 2.24) is 4.90 Å². The second-order valence-corrected chi connectivity index (χ2v) is 8.30. The Kier molecular flexibility index (Phi) is 6.71. The highest BCUT2D eigenvalue weighted by Gasteiger charge is 2.40. The van der Waals surface area contributed by atoms with E-state index in [2.05, 4.69) is 0 Å². The first-order valence-corrected chi connectivity index (χ1v) is 10.2. The van der Waals surface area contributed by atoms with E-state index in [9.17, 15) is 14.4 Å². The number of hydrogen-bond acceptors (Lipinski definition) is 6. The van der Waals surface area contributed by atoms with E-state index in [0.29, 0.717) is 18.7 Å². The number of esters is 1. The fourth-order valence-corrected chi connectivity index (χ4v) is 4.53. The minimum absolute atomic E-state index is 0.246. The molecule has 0 fully saturated rings. The number of carbonyl (C=O) groups excluding carboxylic acids is 3. The third-order valence-corrected chi connectivity index (χ3v) is 6.03. The molecule has 1 aliphatic rings. The molecular weight excluding hydrogens is 388 g/mol. The van der Waals surface area contributed by atoms with Crippen LogP contribution >= 0.6 is 11.8 Å². The number of nitrogens with zero attached hydrogens (tertiary/aromatic N) is 2. The maximum Gasteiger partial charge on any atom is 0.303 e. The first-order chi connectivity index (χ1) is 13.9. The second kappa shape index (κ2) is 9.24. The molecule has 0 saturated carbocycles. The van der Waals surface area contributed by atoms with E-state index in [1.807, 2.05) is 55.4 Å². The lowest BCUT2D eigenvalue weighted by atomic mass is 10.0. The van der Waals surface area contributed by atoms with Crippen LogP contribution in [0, 0.1) is 0 Å². The lowest BCUT2D eigenvalue weighted by molar-refractivity contribution is -0.152. The summed E-state index contributed by atoms with van der Waals surface area (Å²) in [5.41, 5.74) is 2.19. The molecule has 2 atom stereocenters. The molecule has 2 aromatic rings. The van der Waals surface area contributed by atoms with E-state index in [4.69, 9.17) is 4.74 Å². The summed E-state index contributed by atoms with van der Waals surface area (Å²) in [6.45, 7) is 2.47. The van der Waals surface area contributed by atoms with Gasteiger partial charge in [0.25, 0.3) is 5.91 Å². The topological polar surface area (TPSA) is 66.9 Å². The highest BCUT2D eigenvalue weighted by atomic mass is 32.2. The van der Waals surface area contributed by atoms with E-state index >= 15 is 0 Å². The average molecular weight is 413 g/mol. The van der Waals surface area contributed by atoms with Gasteiger partial charge in [-0.25, -0.2) is 0 Å². The van der Waals surface area contributed by atoms with Crippen molar-refractivity contribution >= 4 is 35.6 Å². The minimum Gasteiger partial charge on any atom is -0.451 e. The van der Waals surface area contributed by atoms with E-state index in [1.165, 1.54) is 18.7 Å². The van der Waals surface area contributed by atoms with Gasteiger partial charge in [-0.1, -0.05) is 36.4 Å². The summed E-state index contributed by atoms with van der Waals surface area (Å²) in [7, 11) is 3.90. The molecule has 0 spiro atoms. The van der Waals surface area contributed by atoms with E-state index in [1.54, 1.807) is 17.0 Å². The van der Waals surface area contributed by atoms with Gasteiger partial charge in [0.05, 0.1) is 10.9 Å². The Morgan fingerprint density at radius 1 is 1.17 bits per heavy atom. The van der Waals surface area contributed by atoms with Gasteiger partial charge < -0.3 is 14.5 Å². The number of ether oxygens (including phenoxy) is 1. The number of thioether (sulfide) groups is 1. The number of carbonyl (C=O) groups is 3. The van der Waals surface area contributed by atoms with Gasteiger partial charge in [0.15, 0.2) is 6.10 Å². The van der Waals surface area contributed by atoms with Crippen LogP contribution in [-0.4, -0.2) is 56.4 Å². The maximum atomic E-state index is 13.5. The number of fused-ring (bicyclic) bond motifs is 1. The Balaban J connectivity index is 2.07. The van der Waals surface area contributed by atoms with Gasteiger partial charge in [-0.05, 0) is 31.8 Å². The molecule has 0 radical (unpaired) electrons. The van der Waals surface area contributed by atoms with Crippen LogP contribution in [0.15, 0.2) is 53.4 Å². The van der Waals surface area contributed by atoms with Crippen LogP contribution < -0.4 is 4.90 Å². The van der Waals surface area contributed by atoms with Gasteiger partial charge in [-0.15, -0.1) is 11.8 Å². The van der Waals surface area contributed by atoms with Crippen LogP contribution in [0.3, 0.4) is 0 Å². The van der Waals surface area contributed by atoms with Crippen molar-refractivity contribution in [3.05, 3.63) is 59.7 Å². The molecule has 2 aromatic carbocycles. The molecular formula is C22H24N2O4S. The smallest absolute Gasteiger partial charge is 0.303 e. The summed E-state index contributed by atoms with van der Waals surface area (Å²) in [6, 6.07) is 14.7. The number of benzene rings is 2. The zero-order chi connectivity index (χ0) is 21.0. The fraction of sp³-hybridized carbons (Fsp3) is 0.318. The molecule has 6 nitrogen and oxygen atoms in total. The van der Waals surface area contributed by atoms with Crippen LogP contribution in [0.1, 0.15) is 28.1 Å². The molecule has 0 bridgehead atoms. The van der Waals surface area contributed by atoms with Crippen molar-refractivity contribution in [2.75, 3.05) is 32.1 Å². The summed E-state index contributed by atoms with van der Waals surface area (Å²) in [4.78, 5) is 41.0. The number of hydrogen-bond donors (Lipinski definition) is 0. The Morgan fingerprint density at radius 3 is 2.48 bits per heavy atom. The standard InChI is InChI=1S/C22H24N2O4S/c1-15(26)28-20-21(17-10-8-16(14-25)9-11-17)29-19-7-5-4-6-18(19)24(22(20)27)13-12-23(2)3/h4-11,14,20-21H,12-13H2,1-3H3/t20-,21+/m0/s1. The molecule has 152 valence electrons. The second-order valence-electron chi connectivity index (χ2n) is 7.11. The van der Waals surface area contributed by atoms with Gasteiger partial charge >= 0.3 is 5.97 Å². The van der Waals surface area contributed by atoms with Crippen molar-refractivity contribution in [3.63, 3.8) is 0 Å². The molecule has 0 N–H and O–H groups in total. The lowest BCUT2D eigenvalue weighted by Gasteiger charge is -2.28. The predicted molar refractivity (Wildman–Crippen MR) is 113 cm³/mol. The molecule has 0 aliphatic carbocycles. The first-order valence-electron chi connectivity index (χ1n) is 9.35. The van der Waals surface area contributed by atoms with Crippen molar-refractivity contribution in [2.45, 2.75) is 23.2 Å². The Bertz CT molecular complexity index is 898. The first kappa shape index (κ1) is 21.1. The number of rotatable bonds is 6. The lowest BCUT2D eigenvalue weighted by Crippen LogP contribution is -2.45. The maximum absolute atomic E-state index is 13.5. The van der Waals surface area contributed by atoms with E-state index in [-0.39, 0.29) is 5.91 Å². The number of likely N-dealkylation sites (N-methyl/N-ethyl adjacent to an activating group) is 1. The monoisotopic (exact) mass is 412 g/mol. The Morgan fingerprint density at radius 2 is 1.86 bits per heavy atom. The molecule has 29 heavy (non-hydrogen) atoms. The highest BCUT2D eigenvalue weighted by molar-refractivity contribution is 7.99. The van der Waals surface area contributed by atoms with E-state index < -0.39 is 17.3 Å². The summed E-state index contributed by atoms with van der Waals surface area (Å²) in [6.07, 6.45) is -0.189. The van der Waals surface area contributed by atoms with Gasteiger partial charge in [-0.2, -0.15) is 0 Å². The fourth-order valence-electron chi connectivity index (χ4n) is 3.21. The van der Waals surface area contributed by atoms with Gasteiger partial charge in [0.1, 0.15) is 6.29 Å². The molecule has 1 amide bonds. The average Bonchev–Trinajstić information content (AvgIpc) is 2.81. The molecule has 3 rings (SSSR count). The van der Waals surface area contributed by atoms with Crippen LogP contribution in [0.5, 0.6) is 0 Å². The SMILES string of the molecule is CC(=O)O[C@@H]1C(=O)N(CCN(C)C)c2ccccc2S[C@@H]1c1ccc(C=O)cc1. The molecule has 0 aromatic heterocycles. The predicted octanol–water partition coefficient (Wildman–Crippen LogP) is 3.17. The third kappa shape index (κ3) is 4.86. The number of aldehydes is 1. The summed E-state index contributed by atoms with van der Waals surface area (Å²) in [5.74, 6) is -0.749. The number of anilines is 1. The zero-order valence-corrected chi connectivity index (χ0v) is 17.5. The van der Waals surface area contributed by atoms with Crippen molar-refractivity contribution in [1.29, 1.82) is 0 Å². The van der Waals surface area contributed by atoms with Gasteiger partial charge in [0.2, 0.25) is 0 Å². The zero-order valence-electron chi connectivity index (χ0n) is 16.7. The minimum atomic E-state index is -0.964.